The molecule has 0 spiro atoms. The Kier molecular flexibility index (Phi) is 12.0. The summed E-state index contributed by atoms with van der Waals surface area (Å²) in [6, 6.07) is 11.0. The van der Waals surface area contributed by atoms with E-state index in [1.165, 1.54) is 82.6 Å². The van der Waals surface area contributed by atoms with E-state index in [1.54, 1.807) is 5.92 Å². The molecule has 23 heavy (non-hydrogen) atoms. The molecule has 0 amide bonds. The number of benzene rings is 1. The first kappa shape index (κ1) is 20.3. The molecule has 1 unspecified atom stereocenters. The maximum Gasteiger partial charge on any atom is -0.0245 e. The fourth-order valence-electron chi connectivity index (χ4n) is 3.37. The minimum Gasteiger partial charge on any atom is -0.0654 e. The zero-order valence-corrected chi connectivity index (χ0v) is 15.9. The standard InChI is InChI=1S/C23H39/c1-4-5-6-7-8-9-10-11-12-16-19-23(21(2)3)20-22-17-14-13-15-18-22/h13-15,17-18,23H,4-12,16,19-20H2,1-3H3. The molecule has 0 saturated heterocycles. The van der Waals surface area contributed by atoms with Crippen molar-refractivity contribution >= 4 is 0 Å². The summed E-state index contributed by atoms with van der Waals surface area (Å²) in [5.41, 5.74) is 1.49. The van der Waals surface area contributed by atoms with Crippen molar-refractivity contribution in [3.05, 3.63) is 41.8 Å². The van der Waals surface area contributed by atoms with E-state index in [-0.39, 0.29) is 0 Å². The lowest BCUT2D eigenvalue weighted by atomic mass is 9.85. The molecule has 1 radical (unpaired) electrons. The fraction of sp³-hybridized carbons (Fsp3) is 0.696. The highest BCUT2D eigenvalue weighted by Gasteiger charge is 2.13. The van der Waals surface area contributed by atoms with Crippen LogP contribution < -0.4 is 0 Å². The number of hydrogen-bond acceptors (Lipinski definition) is 0. The Hall–Kier alpha value is -0.780. The van der Waals surface area contributed by atoms with Gasteiger partial charge in [0.05, 0.1) is 0 Å². The average molecular weight is 316 g/mol. The molecular formula is C23H39. The molecule has 0 aliphatic rings. The predicted octanol–water partition coefficient (Wildman–Crippen LogP) is 7.77. The van der Waals surface area contributed by atoms with Crippen molar-refractivity contribution < 1.29 is 0 Å². The Morgan fingerprint density at radius 3 is 1.78 bits per heavy atom. The highest BCUT2D eigenvalue weighted by Crippen LogP contribution is 2.25. The minimum atomic E-state index is 0.770. The molecule has 0 N–H and O–H groups in total. The highest BCUT2D eigenvalue weighted by molar-refractivity contribution is 5.16. The van der Waals surface area contributed by atoms with Crippen molar-refractivity contribution in [3.8, 4) is 0 Å². The number of rotatable bonds is 14. The van der Waals surface area contributed by atoms with Crippen LogP contribution in [0, 0.1) is 11.8 Å². The maximum absolute atomic E-state index is 2.31. The van der Waals surface area contributed by atoms with Crippen LogP contribution in [0.15, 0.2) is 30.3 Å². The van der Waals surface area contributed by atoms with E-state index in [2.05, 4.69) is 51.1 Å². The SMILES string of the molecule is CCCCCCCCCCCCC(Cc1ccccc1)[C](C)C. The molecule has 0 aromatic heterocycles. The average Bonchev–Trinajstić information content (AvgIpc) is 2.56. The normalized spacial score (nSPS) is 12.7. The molecule has 0 fully saturated rings. The quantitative estimate of drug-likeness (QED) is 0.307. The van der Waals surface area contributed by atoms with Gasteiger partial charge < -0.3 is 0 Å². The van der Waals surface area contributed by atoms with Gasteiger partial charge in [-0.25, -0.2) is 0 Å². The molecular weight excluding hydrogens is 276 g/mol. The third-order valence-electron chi connectivity index (χ3n) is 5.05. The second kappa shape index (κ2) is 13.6. The summed E-state index contributed by atoms with van der Waals surface area (Å²) in [5.74, 6) is 2.37. The van der Waals surface area contributed by atoms with Crippen LogP contribution in [0.3, 0.4) is 0 Å². The van der Waals surface area contributed by atoms with Gasteiger partial charge >= 0.3 is 0 Å². The number of unbranched alkanes of at least 4 members (excludes halogenated alkanes) is 9. The first-order valence-electron chi connectivity index (χ1n) is 10.1. The van der Waals surface area contributed by atoms with Gasteiger partial charge in [-0.15, -0.1) is 0 Å². The van der Waals surface area contributed by atoms with Gasteiger partial charge in [-0.2, -0.15) is 0 Å². The van der Waals surface area contributed by atoms with E-state index in [0.717, 1.165) is 5.92 Å². The molecule has 0 heterocycles. The summed E-state index contributed by atoms with van der Waals surface area (Å²) < 4.78 is 0. The van der Waals surface area contributed by atoms with E-state index in [9.17, 15) is 0 Å². The van der Waals surface area contributed by atoms with Crippen molar-refractivity contribution in [3.63, 3.8) is 0 Å². The van der Waals surface area contributed by atoms with Crippen LogP contribution in [0.4, 0.5) is 0 Å². The zero-order chi connectivity index (χ0) is 16.8. The lowest BCUT2D eigenvalue weighted by Crippen LogP contribution is -2.10. The first-order valence-corrected chi connectivity index (χ1v) is 10.1. The zero-order valence-electron chi connectivity index (χ0n) is 15.9. The molecule has 0 aliphatic heterocycles. The van der Waals surface area contributed by atoms with Gasteiger partial charge in [0.2, 0.25) is 0 Å². The molecule has 0 saturated carbocycles. The molecule has 0 bridgehead atoms. The van der Waals surface area contributed by atoms with E-state index in [1.807, 2.05) is 0 Å². The van der Waals surface area contributed by atoms with Gasteiger partial charge in [-0.3, -0.25) is 0 Å². The van der Waals surface area contributed by atoms with Crippen molar-refractivity contribution in [2.24, 2.45) is 5.92 Å². The van der Waals surface area contributed by atoms with Gasteiger partial charge in [-0.1, -0.05) is 115 Å². The van der Waals surface area contributed by atoms with Crippen LogP contribution in [0.2, 0.25) is 0 Å². The van der Waals surface area contributed by atoms with Crippen molar-refractivity contribution in [2.45, 2.75) is 97.8 Å². The van der Waals surface area contributed by atoms with Crippen LogP contribution >= 0.6 is 0 Å². The third-order valence-corrected chi connectivity index (χ3v) is 5.05. The van der Waals surface area contributed by atoms with Crippen molar-refractivity contribution in [1.82, 2.24) is 0 Å². The van der Waals surface area contributed by atoms with Gasteiger partial charge in [0.15, 0.2) is 0 Å². The molecule has 0 aliphatic carbocycles. The summed E-state index contributed by atoms with van der Waals surface area (Å²) in [7, 11) is 0. The second-order valence-electron chi connectivity index (χ2n) is 7.43. The van der Waals surface area contributed by atoms with Crippen LogP contribution in [-0.2, 0) is 6.42 Å². The molecule has 1 aromatic rings. The lowest BCUT2D eigenvalue weighted by molar-refractivity contribution is 0.460. The van der Waals surface area contributed by atoms with Crippen LogP contribution in [0.1, 0.15) is 97.0 Å². The van der Waals surface area contributed by atoms with Crippen LogP contribution in [0.5, 0.6) is 0 Å². The molecule has 0 heteroatoms. The molecule has 1 aromatic carbocycles. The maximum atomic E-state index is 2.31. The Balaban J connectivity index is 2.05. The lowest BCUT2D eigenvalue weighted by Gasteiger charge is -2.20. The summed E-state index contributed by atoms with van der Waals surface area (Å²) in [6.45, 7) is 6.91. The Morgan fingerprint density at radius 1 is 0.739 bits per heavy atom. The smallest absolute Gasteiger partial charge is 0.0245 e. The molecule has 1 rings (SSSR count). The topological polar surface area (TPSA) is 0 Å². The Bertz CT molecular complexity index is 352. The van der Waals surface area contributed by atoms with E-state index in [0.29, 0.717) is 0 Å². The summed E-state index contributed by atoms with van der Waals surface area (Å²) >= 11 is 0. The Morgan fingerprint density at radius 2 is 1.26 bits per heavy atom. The van der Waals surface area contributed by atoms with E-state index in [4.69, 9.17) is 0 Å². The van der Waals surface area contributed by atoms with Crippen LogP contribution in [0.25, 0.3) is 0 Å². The van der Waals surface area contributed by atoms with Crippen LogP contribution in [-0.4, -0.2) is 0 Å². The summed E-state index contributed by atoms with van der Waals surface area (Å²) in [6.07, 6.45) is 16.9. The van der Waals surface area contributed by atoms with Crippen molar-refractivity contribution in [2.75, 3.05) is 0 Å². The third kappa shape index (κ3) is 10.6. The largest absolute Gasteiger partial charge is 0.0654 e. The Labute approximate surface area is 146 Å². The minimum absolute atomic E-state index is 0.770. The predicted molar refractivity (Wildman–Crippen MR) is 105 cm³/mol. The monoisotopic (exact) mass is 315 g/mol. The molecule has 0 nitrogen and oxygen atoms in total. The summed E-state index contributed by atoms with van der Waals surface area (Å²) in [5, 5.41) is 0. The van der Waals surface area contributed by atoms with E-state index >= 15 is 0 Å². The van der Waals surface area contributed by atoms with Gasteiger partial charge in [0.1, 0.15) is 0 Å². The molecule has 1 atom stereocenters. The van der Waals surface area contributed by atoms with Gasteiger partial charge in [0, 0.05) is 0 Å². The molecule has 131 valence electrons. The summed E-state index contributed by atoms with van der Waals surface area (Å²) in [4.78, 5) is 0. The van der Waals surface area contributed by atoms with Gasteiger partial charge in [-0.05, 0) is 30.2 Å². The second-order valence-corrected chi connectivity index (χ2v) is 7.43. The van der Waals surface area contributed by atoms with Gasteiger partial charge in [0.25, 0.3) is 0 Å². The highest BCUT2D eigenvalue weighted by atomic mass is 14.2. The number of hydrogen-bond donors (Lipinski definition) is 0. The fourth-order valence-corrected chi connectivity index (χ4v) is 3.37. The van der Waals surface area contributed by atoms with Crippen molar-refractivity contribution in [1.29, 1.82) is 0 Å². The van der Waals surface area contributed by atoms with E-state index < -0.39 is 0 Å². The first-order chi connectivity index (χ1) is 11.2.